The van der Waals surface area contributed by atoms with E-state index in [2.05, 4.69) is 11.0 Å². The quantitative estimate of drug-likeness (QED) is 0.848. The van der Waals surface area contributed by atoms with E-state index in [9.17, 15) is 4.79 Å². The van der Waals surface area contributed by atoms with Crippen LogP contribution >= 0.6 is 0 Å². The molecule has 2 aliphatic rings. The molecule has 3 rings (SSSR count). The lowest BCUT2D eigenvalue weighted by molar-refractivity contribution is -0.119. The van der Waals surface area contributed by atoms with Gasteiger partial charge in [-0.25, -0.2) is 0 Å². The number of hydrogen-bond acceptors (Lipinski definition) is 3. The Morgan fingerprint density at radius 2 is 2.11 bits per heavy atom. The number of nitrogens with two attached hydrogens (primary N) is 1. The number of amides is 1. The Kier molecular flexibility index (Phi) is 2.96. The summed E-state index contributed by atoms with van der Waals surface area (Å²) in [6.07, 6.45) is 1.81. The highest BCUT2D eigenvalue weighted by molar-refractivity contribution is 5.84. The smallest absolute Gasteiger partial charge is 0.224 e. The van der Waals surface area contributed by atoms with Gasteiger partial charge in [0.1, 0.15) is 0 Å². The molecule has 0 radical (unpaired) electrons. The largest absolute Gasteiger partial charge is 0.378 e. The van der Waals surface area contributed by atoms with Crippen LogP contribution < -0.4 is 10.6 Å². The average molecular weight is 246 g/mol. The first-order chi connectivity index (χ1) is 8.77. The Bertz CT molecular complexity index is 467. The monoisotopic (exact) mass is 246 g/mol. The molecule has 2 N–H and O–H groups in total. The fraction of sp³-hybridized carbons (Fsp3) is 0.500. The second-order valence-corrected chi connectivity index (χ2v) is 4.94. The molecule has 96 valence electrons. The van der Waals surface area contributed by atoms with Crippen molar-refractivity contribution in [1.29, 1.82) is 0 Å². The molecule has 1 unspecified atom stereocenters. The van der Waals surface area contributed by atoms with E-state index in [1.165, 1.54) is 11.3 Å². The van der Waals surface area contributed by atoms with Crippen molar-refractivity contribution in [1.82, 2.24) is 0 Å². The highest BCUT2D eigenvalue weighted by atomic mass is 16.5. The number of carbonyl (C=O) groups is 1. The molecule has 0 bridgehead atoms. The summed E-state index contributed by atoms with van der Waals surface area (Å²) in [6, 6.07) is 6.22. The van der Waals surface area contributed by atoms with Crippen LogP contribution in [0.5, 0.6) is 0 Å². The van der Waals surface area contributed by atoms with E-state index in [0.717, 1.165) is 44.7 Å². The summed E-state index contributed by atoms with van der Waals surface area (Å²) >= 11 is 0. The van der Waals surface area contributed by atoms with Gasteiger partial charge in [0.05, 0.1) is 19.1 Å². The maximum atomic E-state index is 11.4. The van der Waals surface area contributed by atoms with E-state index in [1.54, 1.807) is 0 Å². The molecular weight excluding hydrogens is 228 g/mol. The normalized spacial score (nSPS) is 22.9. The summed E-state index contributed by atoms with van der Waals surface area (Å²) in [5, 5.41) is 0. The molecule has 1 amide bonds. The lowest BCUT2D eigenvalue weighted by Crippen LogP contribution is -2.36. The zero-order chi connectivity index (χ0) is 12.5. The standard InChI is InChI=1S/C14H18N2O2/c15-14(17)12-5-4-11-10(12)2-1-3-13(11)16-6-8-18-9-7-16/h1-3,12H,4-9H2,(H2,15,17). The average Bonchev–Trinajstić information content (AvgIpc) is 2.83. The van der Waals surface area contributed by atoms with Crippen LogP contribution in [0.15, 0.2) is 18.2 Å². The van der Waals surface area contributed by atoms with Crippen molar-refractivity contribution in [2.75, 3.05) is 31.2 Å². The van der Waals surface area contributed by atoms with Crippen molar-refractivity contribution >= 4 is 11.6 Å². The Morgan fingerprint density at radius 3 is 2.83 bits per heavy atom. The van der Waals surface area contributed by atoms with Crippen molar-refractivity contribution in [2.24, 2.45) is 5.73 Å². The van der Waals surface area contributed by atoms with Gasteiger partial charge in [-0.2, -0.15) is 0 Å². The molecule has 0 saturated carbocycles. The lowest BCUT2D eigenvalue weighted by Gasteiger charge is -2.30. The number of morpholine rings is 1. The number of rotatable bonds is 2. The molecule has 0 aromatic heterocycles. The van der Waals surface area contributed by atoms with Crippen molar-refractivity contribution in [3.8, 4) is 0 Å². The van der Waals surface area contributed by atoms with Gasteiger partial charge in [0.2, 0.25) is 5.91 Å². The Labute approximate surface area is 107 Å². The van der Waals surface area contributed by atoms with Crippen LogP contribution in [0.25, 0.3) is 0 Å². The molecule has 0 spiro atoms. The lowest BCUT2D eigenvalue weighted by atomic mass is 10.00. The second-order valence-electron chi connectivity index (χ2n) is 4.94. The summed E-state index contributed by atoms with van der Waals surface area (Å²) in [5.74, 6) is -0.297. The first-order valence-corrected chi connectivity index (χ1v) is 6.51. The summed E-state index contributed by atoms with van der Waals surface area (Å²) in [6.45, 7) is 3.42. The third-order valence-electron chi connectivity index (χ3n) is 3.94. The van der Waals surface area contributed by atoms with Gasteiger partial charge in [-0.05, 0) is 30.0 Å². The highest BCUT2D eigenvalue weighted by Crippen LogP contribution is 2.38. The number of benzene rings is 1. The van der Waals surface area contributed by atoms with Crippen molar-refractivity contribution in [3.63, 3.8) is 0 Å². The molecular formula is C14H18N2O2. The zero-order valence-corrected chi connectivity index (χ0v) is 10.4. The molecule has 1 aliphatic carbocycles. The van der Waals surface area contributed by atoms with Crippen LogP contribution in [-0.2, 0) is 16.0 Å². The number of carbonyl (C=O) groups excluding carboxylic acids is 1. The summed E-state index contributed by atoms with van der Waals surface area (Å²) in [5.41, 5.74) is 9.17. The van der Waals surface area contributed by atoms with E-state index in [0.29, 0.717) is 0 Å². The Hall–Kier alpha value is -1.55. The minimum atomic E-state index is -0.201. The molecule has 1 aromatic rings. The Balaban J connectivity index is 1.95. The number of anilines is 1. The number of ether oxygens (including phenoxy) is 1. The van der Waals surface area contributed by atoms with Gasteiger partial charge in [-0.1, -0.05) is 12.1 Å². The SMILES string of the molecule is NC(=O)C1CCc2c1cccc2N1CCOCC1. The van der Waals surface area contributed by atoms with E-state index in [4.69, 9.17) is 10.5 Å². The van der Waals surface area contributed by atoms with Crippen molar-refractivity contribution < 1.29 is 9.53 Å². The summed E-state index contributed by atoms with van der Waals surface area (Å²) in [7, 11) is 0. The first kappa shape index (κ1) is 11.5. The van der Waals surface area contributed by atoms with Crippen LogP contribution in [-0.4, -0.2) is 32.2 Å². The Morgan fingerprint density at radius 1 is 1.33 bits per heavy atom. The zero-order valence-electron chi connectivity index (χ0n) is 10.4. The molecule has 4 nitrogen and oxygen atoms in total. The van der Waals surface area contributed by atoms with Crippen LogP contribution in [0.1, 0.15) is 23.5 Å². The summed E-state index contributed by atoms with van der Waals surface area (Å²) < 4.78 is 5.38. The topological polar surface area (TPSA) is 55.6 Å². The van der Waals surface area contributed by atoms with E-state index < -0.39 is 0 Å². The molecule has 1 fully saturated rings. The van der Waals surface area contributed by atoms with Crippen LogP contribution in [0.2, 0.25) is 0 Å². The minimum Gasteiger partial charge on any atom is -0.378 e. The van der Waals surface area contributed by atoms with E-state index in [1.807, 2.05) is 12.1 Å². The third kappa shape index (κ3) is 1.86. The maximum absolute atomic E-state index is 11.4. The minimum absolute atomic E-state index is 0.0963. The molecule has 1 aliphatic heterocycles. The predicted molar refractivity (Wildman–Crippen MR) is 69.7 cm³/mol. The predicted octanol–water partition coefficient (Wildman–Crippen LogP) is 1.04. The molecule has 18 heavy (non-hydrogen) atoms. The number of hydrogen-bond donors (Lipinski definition) is 1. The van der Waals surface area contributed by atoms with Crippen LogP contribution in [0.4, 0.5) is 5.69 Å². The van der Waals surface area contributed by atoms with Gasteiger partial charge in [0, 0.05) is 18.8 Å². The third-order valence-corrected chi connectivity index (χ3v) is 3.94. The van der Waals surface area contributed by atoms with Crippen LogP contribution in [0.3, 0.4) is 0 Å². The van der Waals surface area contributed by atoms with Gasteiger partial charge < -0.3 is 15.4 Å². The summed E-state index contributed by atoms with van der Waals surface area (Å²) in [4.78, 5) is 13.8. The first-order valence-electron chi connectivity index (χ1n) is 6.51. The van der Waals surface area contributed by atoms with Gasteiger partial charge in [0.15, 0.2) is 0 Å². The van der Waals surface area contributed by atoms with Gasteiger partial charge in [-0.15, -0.1) is 0 Å². The molecule has 4 heteroatoms. The highest BCUT2D eigenvalue weighted by Gasteiger charge is 2.29. The van der Waals surface area contributed by atoms with E-state index in [-0.39, 0.29) is 11.8 Å². The fourth-order valence-corrected chi connectivity index (χ4v) is 3.03. The van der Waals surface area contributed by atoms with Gasteiger partial charge >= 0.3 is 0 Å². The van der Waals surface area contributed by atoms with Crippen molar-refractivity contribution in [3.05, 3.63) is 29.3 Å². The van der Waals surface area contributed by atoms with Gasteiger partial charge in [-0.3, -0.25) is 4.79 Å². The number of fused-ring (bicyclic) bond motifs is 1. The molecule has 1 saturated heterocycles. The number of primary amides is 1. The van der Waals surface area contributed by atoms with Crippen molar-refractivity contribution in [2.45, 2.75) is 18.8 Å². The van der Waals surface area contributed by atoms with Gasteiger partial charge in [0.25, 0.3) is 0 Å². The molecule has 1 heterocycles. The van der Waals surface area contributed by atoms with Crippen LogP contribution in [0, 0.1) is 0 Å². The molecule has 1 aromatic carbocycles. The van der Waals surface area contributed by atoms with E-state index >= 15 is 0 Å². The second kappa shape index (κ2) is 4.61. The fourth-order valence-electron chi connectivity index (χ4n) is 3.03. The molecule has 1 atom stereocenters. The number of nitrogens with zero attached hydrogens (tertiary/aromatic N) is 1. The maximum Gasteiger partial charge on any atom is 0.224 e.